The van der Waals surface area contributed by atoms with Crippen LogP contribution in [0.15, 0.2) is 0 Å². The van der Waals surface area contributed by atoms with Crippen LogP contribution >= 0.6 is 0 Å². The van der Waals surface area contributed by atoms with Crippen LogP contribution in [0.2, 0.25) is 0 Å². The molecule has 0 radical (unpaired) electrons. The van der Waals surface area contributed by atoms with Crippen molar-refractivity contribution in [3.8, 4) is 0 Å². The minimum atomic E-state index is -2.81. The van der Waals surface area contributed by atoms with Gasteiger partial charge in [-0.2, -0.15) is 0 Å². The van der Waals surface area contributed by atoms with Gasteiger partial charge in [-0.3, -0.25) is 11.3 Å². The van der Waals surface area contributed by atoms with Crippen molar-refractivity contribution in [3.63, 3.8) is 0 Å². The molecular weight excluding hydrogens is 248 g/mol. The van der Waals surface area contributed by atoms with E-state index >= 15 is 0 Å². The van der Waals surface area contributed by atoms with E-state index in [0.717, 1.165) is 19.3 Å². The Morgan fingerprint density at radius 2 is 2.11 bits per heavy atom. The molecule has 0 aromatic rings. The fraction of sp³-hybridized carbons (Fsp3) is 1.00. The molecule has 0 aliphatic carbocycles. The van der Waals surface area contributed by atoms with Crippen molar-refractivity contribution in [2.45, 2.75) is 58.4 Å². The first kappa shape index (κ1) is 15.9. The third-order valence-corrected chi connectivity index (χ3v) is 5.98. The van der Waals surface area contributed by atoms with Crippen LogP contribution in [0.1, 0.15) is 52.4 Å². The van der Waals surface area contributed by atoms with E-state index in [0.29, 0.717) is 17.4 Å². The van der Waals surface area contributed by atoms with E-state index in [1.807, 2.05) is 0 Å². The molecule has 3 N–H and O–H groups in total. The van der Waals surface area contributed by atoms with E-state index in [4.69, 9.17) is 5.84 Å². The first-order valence-corrected chi connectivity index (χ1v) is 9.01. The molecule has 3 unspecified atom stereocenters. The molecule has 0 saturated carbocycles. The molecule has 18 heavy (non-hydrogen) atoms. The van der Waals surface area contributed by atoms with Crippen LogP contribution in [-0.2, 0) is 9.84 Å². The van der Waals surface area contributed by atoms with Gasteiger partial charge in [0.2, 0.25) is 0 Å². The van der Waals surface area contributed by atoms with Gasteiger partial charge >= 0.3 is 0 Å². The maximum absolute atomic E-state index is 11.5. The van der Waals surface area contributed by atoms with Crippen molar-refractivity contribution in [1.29, 1.82) is 0 Å². The van der Waals surface area contributed by atoms with Crippen LogP contribution in [0.5, 0.6) is 0 Å². The number of nitrogens with one attached hydrogen (secondary N) is 1. The summed E-state index contributed by atoms with van der Waals surface area (Å²) in [6.07, 6.45) is 6.62. The van der Waals surface area contributed by atoms with Gasteiger partial charge in [0.15, 0.2) is 9.84 Å². The molecule has 1 heterocycles. The molecule has 0 amide bonds. The molecule has 1 fully saturated rings. The number of hydrogen-bond donors (Lipinski definition) is 2. The lowest BCUT2D eigenvalue weighted by molar-refractivity contribution is 0.292. The molecule has 1 saturated heterocycles. The number of rotatable bonds is 8. The largest absolute Gasteiger partial charge is 0.271 e. The zero-order valence-corrected chi connectivity index (χ0v) is 12.5. The number of hydrogen-bond acceptors (Lipinski definition) is 4. The first-order chi connectivity index (χ1) is 8.52. The molecule has 4 nitrogen and oxygen atoms in total. The van der Waals surface area contributed by atoms with Gasteiger partial charge in [0, 0.05) is 6.04 Å². The molecule has 1 aliphatic rings. The normalized spacial score (nSPS) is 26.1. The maximum Gasteiger partial charge on any atom is 0.150 e. The Morgan fingerprint density at radius 1 is 1.39 bits per heavy atom. The highest BCUT2D eigenvalue weighted by Gasteiger charge is 2.33. The molecular formula is C13H28N2O2S. The Balaban J connectivity index is 2.50. The van der Waals surface area contributed by atoms with Crippen molar-refractivity contribution >= 4 is 9.84 Å². The Labute approximate surface area is 112 Å². The van der Waals surface area contributed by atoms with Crippen LogP contribution in [0.4, 0.5) is 0 Å². The maximum atomic E-state index is 11.5. The highest BCUT2D eigenvalue weighted by molar-refractivity contribution is 7.91. The van der Waals surface area contributed by atoms with Gasteiger partial charge in [0.05, 0.1) is 11.5 Å². The molecule has 108 valence electrons. The summed E-state index contributed by atoms with van der Waals surface area (Å²) < 4.78 is 23.0. The second-order valence-electron chi connectivity index (χ2n) is 5.59. The summed E-state index contributed by atoms with van der Waals surface area (Å²) >= 11 is 0. The van der Waals surface area contributed by atoms with Gasteiger partial charge in [-0.05, 0) is 24.7 Å². The number of nitrogens with two attached hydrogens (primary N) is 1. The van der Waals surface area contributed by atoms with Crippen molar-refractivity contribution in [3.05, 3.63) is 0 Å². The molecule has 0 aromatic carbocycles. The third kappa shape index (κ3) is 4.86. The summed E-state index contributed by atoms with van der Waals surface area (Å²) in [6, 6.07) is 0.157. The summed E-state index contributed by atoms with van der Waals surface area (Å²) in [5, 5.41) is 0. The molecule has 3 atom stereocenters. The highest BCUT2D eigenvalue weighted by atomic mass is 32.2. The fourth-order valence-corrected chi connectivity index (χ4v) is 4.76. The van der Waals surface area contributed by atoms with E-state index in [2.05, 4.69) is 19.3 Å². The molecule has 0 aromatic heterocycles. The first-order valence-electron chi connectivity index (χ1n) is 7.19. The Kier molecular flexibility index (Phi) is 6.60. The Hall–Kier alpha value is -0.130. The van der Waals surface area contributed by atoms with Gasteiger partial charge < -0.3 is 0 Å². The Morgan fingerprint density at radius 3 is 2.56 bits per heavy atom. The number of unbranched alkanes of at least 4 members (excludes halogenated alkanes) is 1. The van der Waals surface area contributed by atoms with Crippen molar-refractivity contribution in [1.82, 2.24) is 5.43 Å². The second-order valence-corrected chi connectivity index (χ2v) is 7.82. The van der Waals surface area contributed by atoms with Gasteiger partial charge in [-0.25, -0.2) is 8.42 Å². The predicted molar refractivity (Wildman–Crippen MR) is 75.8 cm³/mol. The zero-order valence-electron chi connectivity index (χ0n) is 11.7. The Bertz CT molecular complexity index is 330. The predicted octanol–water partition coefficient (Wildman–Crippen LogP) is 1.86. The summed E-state index contributed by atoms with van der Waals surface area (Å²) in [7, 11) is -2.81. The number of hydrazine groups is 1. The summed E-state index contributed by atoms with van der Waals surface area (Å²) in [5.74, 6) is 7.14. The van der Waals surface area contributed by atoms with Crippen LogP contribution < -0.4 is 11.3 Å². The fourth-order valence-electron chi connectivity index (χ4n) is 2.88. The van der Waals surface area contributed by atoms with Crippen LogP contribution in [0, 0.1) is 11.8 Å². The van der Waals surface area contributed by atoms with Gasteiger partial charge in [0.25, 0.3) is 0 Å². The monoisotopic (exact) mass is 276 g/mol. The summed E-state index contributed by atoms with van der Waals surface area (Å²) in [5.41, 5.74) is 2.86. The highest BCUT2D eigenvalue weighted by Crippen LogP contribution is 2.27. The van der Waals surface area contributed by atoms with E-state index in [1.54, 1.807) is 0 Å². The third-order valence-electron chi connectivity index (χ3n) is 4.18. The van der Waals surface area contributed by atoms with Crippen LogP contribution in [-0.4, -0.2) is 26.0 Å². The molecule has 5 heteroatoms. The lowest BCUT2D eigenvalue weighted by Crippen LogP contribution is -2.42. The quantitative estimate of drug-likeness (QED) is 0.524. The van der Waals surface area contributed by atoms with Gasteiger partial charge in [-0.15, -0.1) is 0 Å². The second kappa shape index (κ2) is 7.46. The molecule has 0 bridgehead atoms. The average molecular weight is 276 g/mol. The van der Waals surface area contributed by atoms with Crippen LogP contribution in [0.3, 0.4) is 0 Å². The van der Waals surface area contributed by atoms with E-state index in [9.17, 15) is 8.42 Å². The van der Waals surface area contributed by atoms with Crippen molar-refractivity contribution in [2.24, 2.45) is 17.7 Å². The van der Waals surface area contributed by atoms with E-state index in [-0.39, 0.29) is 12.0 Å². The lowest BCUT2D eigenvalue weighted by atomic mass is 9.86. The molecule has 1 rings (SSSR count). The topological polar surface area (TPSA) is 72.2 Å². The standard InChI is InChI=1S/C13H28N2O2S/c1-3-5-6-11(4-2)9-13(15-14)12-7-8-18(16,17)10-12/h11-13,15H,3-10,14H2,1-2H3. The molecule has 0 spiro atoms. The minimum absolute atomic E-state index is 0.157. The smallest absolute Gasteiger partial charge is 0.150 e. The minimum Gasteiger partial charge on any atom is -0.271 e. The van der Waals surface area contributed by atoms with E-state index in [1.165, 1.54) is 19.3 Å². The van der Waals surface area contributed by atoms with Gasteiger partial charge in [-0.1, -0.05) is 39.5 Å². The van der Waals surface area contributed by atoms with Gasteiger partial charge in [0.1, 0.15) is 0 Å². The number of sulfone groups is 1. The van der Waals surface area contributed by atoms with Crippen molar-refractivity contribution in [2.75, 3.05) is 11.5 Å². The lowest BCUT2D eigenvalue weighted by Gasteiger charge is -2.26. The molecule has 1 aliphatic heterocycles. The SMILES string of the molecule is CCCCC(CC)CC(NN)C1CCS(=O)(=O)C1. The van der Waals surface area contributed by atoms with E-state index < -0.39 is 9.84 Å². The summed E-state index contributed by atoms with van der Waals surface area (Å²) in [4.78, 5) is 0. The average Bonchev–Trinajstić information content (AvgIpc) is 2.70. The summed E-state index contributed by atoms with van der Waals surface area (Å²) in [6.45, 7) is 4.41. The van der Waals surface area contributed by atoms with Crippen molar-refractivity contribution < 1.29 is 8.42 Å². The van der Waals surface area contributed by atoms with Crippen LogP contribution in [0.25, 0.3) is 0 Å². The zero-order chi connectivity index (χ0) is 13.6.